The molecule has 3 atom stereocenters. The summed E-state index contributed by atoms with van der Waals surface area (Å²) in [6.45, 7) is 2.92. The van der Waals surface area contributed by atoms with Gasteiger partial charge in [-0.1, -0.05) is 19.3 Å². The Hall–Kier alpha value is -1.14. The zero-order valence-electron chi connectivity index (χ0n) is 13.4. The molecule has 1 aliphatic carbocycles. The molecule has 1 saturated carbocycles. The van der Waals surface area contributed by atoms with E-state index < -0.39 is 6.29 Å². The molecule has 2 aliphatic rings. The standard InChI is InChI=1S/C16H26O6/c1-11(17)19-10-15-8-14(20-12(2)18)9-16(22-15)21-13-6-4-3-5-7-13/h13-16H,3-10H2,1-2H3/t14-,15-,16+/m0/s1. The number of carbonyl (C=O) groups is 2. The van der Waals surface area contributed by atoms with Crippen LogP contribution in [-0.4, -0.2) is 43.1 Å². The molecule has 1 heterocycles. The van der Waals surface area contributed by atoms with Gasteiger partial charge in [0.15, 0.2) is 6.29 Å². The molecule has 126 valence electrons. The van der Waals surface area contributed by atoms with Gasteiger partial charge in [-0.2, -0.15) is 0 Å². The number of ether oxygens (including phenoxy) is 4. The summed E-state index contributed by atoms with van der Waals surface area (Å²) >= 11 is 0. The van der Waals surface area contributed by atoms with Crippen molar-refractivity contribution in [1.29, 1.82) is 0 Å². The van der Waals surface area contributed by atoms with Crippen molar-refractivity contribution >= 4 is 11.9 Å². The third-order valence-electron chi connectivity index (χ3n) is 4.03. The lowest BCUT2D eigenvalue weighted by atomic mass is 9.97. The fourth-order valence-electron chi connectivity index (χ4n) is 3.08. The van der Waals surface area contributed by atoms with E-state index in [1.54, 1.807) is 0 Å². The minimum Gasteiger partial charge on any atom is -0.463 e. The summed E-state index contributed by atoms with van der Waals surface area (Å²) in [5, 5.41) is 0. The van der Waals surface area contributed by atoms with Crippen LogP contribution in [0.4, 0.5) is 0 Å². The second kappa shape index (κ2) is 8.48. The summed E-state index contributed by atoms with van der Waals surface area (Å²) in [4.78, 5) is 22.1. The van der Waals surface area contributed by atoms with E-state index in [1.165, 1.54) is 33.1 Å². The van der Waals surface area contributed by atoms with Crippen LogP contribution in [0.2, 0.25) is 0 Å². The summed E-state index contributed by atoms with van der Waals surface area (Å²) in [5.74, 6) is -0.655. The average Bonchev–Trinajstić information content (AvgIpc) is 2.45. The predicted molar refractivity (Wildman–Crippen MR) is 78.0 cm³/mol. The van der Waals surface area contributed by atoms with Crippen molar-refractivity contribution < 1.29 is 28.5 Å². The Labute approximate surface area is 131 Å². The van der Waals surface area contributed by atoms with E-state index >= 15 is 0 Å². The molecular weight excluding hydrogens is 288 g/mol. The van der Waals surface area contributed by atoms with E-state index in [4.69, 9.17) is 18.9 Å². The molecule has 0 amide bonds. The van der Waals surface area contributed by atoms with Crippen molar-refractivity contribution in [2.24, 2.45) is 0 Å². The van der Waals surface area contributed by atoms with Gasteiger partial charge >= 0.3 is 11.9 Å². The van der Waals surface area contributed by atoms with Crippen LogP contribution in [0.15, 0.2) is 0 Å². The lowest BCUT2D eigenvalue weighted by Gasteiger charge is -2.36. The zero-order valence-corrected chi connectivity index (χ0v) is 13.4. The molecule has 0 bridgehead atoms. The van der Waals surface area contributed by atoms with Crippen molar-refractivity contribution in [1.82, 2.24) is 0 Å². The Kier molecular flexibility index (Phi) is 6.64. The summed E-state index contributed by atoms with van der Waals surface area (Å²) in [7, 11) is 0. The van der Waals surface area contributed by atoms with Crippen LogP contribution in [0, 0.1) is 0 Å². The highest BCUT2D eigenvalue weighted by Gasteiger charge is 2.34. The molecule has 1 saturated heterocycles. The molecule has 6 nitrogen and oxygen atoms in total. The summed E-state index contributed by atoms with van der Waals surface area (Å²) < 4.78 is 22.2. The monoisotopic (exact) mass is 314 g/mol. The van der Waals surface area contributed by atoms with Crippen LogP contribution in [0.1, 0.15) is 58.8 Å². The Balaban J connectivity index is 1.88. The maximum absolute atomic E-state index is 11.2. The van der Waals surface area contributed by atoms with Crippen molar-refractivity contribution in [3.8, 4) is 0 Å². The van der Waals surface area contributed by atoms with Crippen LogP contribution in [0.5, 0.6) is 0 Å². The summed E-state index contributed by atoms with van der Waals surface area (Å²) in [6, 6.07) is 0. The molecular formula is C16H26O6. The van der Waals surface area contributed by atoms with E-state index in [2.05, 4.69) is 0 Å². The smallest absolute Gasteiger partial charge is 0.302 e. The van der Waals surface area contributed by atoms with Crippen LogP contribution < -0.4 is 0 Å². The molecule has 0 radical (unpaired) electrons. The Morgan fingerprint density at radius 1 is 1.00 bits per heavy atom. The lowest BCUT2D eigenvalue weighted by Crippen LogP contribution is -2.42. The van der Waals surface area contributed by atoms with Gasteiger partial charge in [0.05, 0.1) is 12.2 Å². The van der Waals surface area contributed by atoms with E-state index in [-0.39, 0.29) is 36.9 Å². The van der Waals surface area contributed by atoms with E-state index in [0.29, 0.717) is 12.8 Å². The predicted octanol–water partition coefficient (Wildman–Crippen LogP) is 2.34. The first-order valence-corrected chi connectivity index (χ1v) is 8.14. The first-order valence-electron chi connectivity index (χ1n) is 8.14. The zero-order chi connectivity index (χ0) is 15.9. The molecule has 2 rings (SSSR count). The van der Waals surface area contributed by atoms with Gasteiger partial charge in [-0.25, -0.2) is 0 Å². The van der Waals surface area contributed by atoms with Crippen LogP contribution in [-0.2, 0) is 28.5 Å². The quantitative estimate of drug-likeness (QED) is 0.725. The molecule has 1 aliphatic heterocycles. The normalized spacial score (nSPS) is 29.8. The van der Waals surface area contributed by atoms with Gasteiger partial charge in [0.1, 0.15) is 12.7 Å². The van der Waals surface area contributed by atoms with Crippen molar-refractivity contribution in [3.05, 3.63) is 0 Å². The largest absolute Gasteiger partial charge is 0.463 e. The van der Waals surface area contributed by atoms with Gasteiger partial charge in [-0.05, 0) is 12.8 Å². The van der Waals surface area contributed by atoms with Crippen LogP contribution >= 0.6 is 0 Å². The van der Waals surface area contributed by atoms with Crippen molar-refractivity contribution in [2.75, 3.05) is 6.61 Å². The van der Waals surface area contributed by atoms with Crippen LogP contribution in [0.3, 0.4) is 0 Å². The fourth-order valence-corrected chi connectivity index (χ4v) is 3.08. The van der Waals surface area contributed by atoms with Crippen molar-refractivity contribution in [3.63, 3.8) is 0 Å². The molecule has 0 aromatic heterocycles. The van der Waals surface area contributed by atoms with Gasteiger partial charge in [-0.3, -0.25) is 9.59 Å². The second-order valence-corrected chi connectivity index (χ2v) is 6.09. The third kappa shape index (κ3) is 5.93. The van der Waals surface area contributed by atoms with Gasteiger partial charge in [0.2, 0.25) is 0 Å². The fraction of sp³-hybridized carbons (Fsp3) is 0.875. The second-order valence-electron chi connectivity index (χ2n) is 6.09. The number of esters is 2. The minimum atomic E-state index is -0.401. The first kappa shape index (κ1) is 17.2. The number of carbonyl (C=O) groups excluding carboxylic acids is 2. The highest BCUT2D eigenvalue weighted by molar-refractivity contribution is 5.66. The Morgan fingerprint density at radius 3 is 2.36 bits per heavy atom. The molecule has 0 unspecified atom stereocenters. The van der Waals surface area contributed by atoms with Gasteiger partial charge < -0.3 is 18.9 Å². The number of rotatable bonds is 5. The highest BCUT2D eigenvalue weighted by atomic mass is 16.7. The van der Waals surface area contributed by atoms with Crippen molar-refractivity contribution in [2.45, 2.75) is 83.4 Å². The molecule has 6 heteroatoms. The summed E-state index contributed by atoms with van der Waals surface area (Å²) in [6.07, 6.45) is 6.05. The van der Waals surface area contributed by atoms with Gasteiger partial charge in [0, 0.05) is 26.7 Å². The minimum absolute atomic E-state index is 0.164. The maximum atomic E-state index is 11.2. The molecule has 0 N–H and O–H groups in total. The topological polar surface area (TPSA) is 71.1 Å². The lowest BCUT2D eigenvalue weighted by molar-refractivity contribution is -0.246. The third-order valence-corrected chi connectivity index (χ3v) is 4.03. The van der Waals surface area contributed by atoms with Crippen LogP contribution in [0.25, 0.3) is 0 Å². The Morgan fingerprint density at radius 2 is 1.73 bits per heavy atom. The molecule has 0 aromatic rings. The SMILES string of the molecule is CC(=O)OC[C@@H]1C[C@H](OC(C)=O)C[C@H](OC2CCCCC2)O1. The molecule has 22 heavy (non-hydrogen) atoms. The van der Waals surface area contributed by atoms with Gasteiger partial charge in [0.25, 0.3) is 0 Å². The van der Waals surface area contributed by atoms with Gasteiger partial charge in [-0.15, -0.1) is 0 Å². The van der Waals surface area contributed by atoms with E-state index in [9.17, 15) is 9.59 Å². The maximum Gasteiger partial charge on any atom is 0.302 e. The first-order chi connectivity index (χ1) is 10.5. The Bertz CT molecular complexity index is 377. The highest BCUT2D eigenvalue weighted by Crippen LogP contribution is 2.28. The van der Waals surface area contributed by atoms with E-state index in [0.717, 1.165) is 12.8 Å². The average molecular weight is 314 g/mol. The number of hydrogen-bond acceptors (Lipinski definition) is 6. The van der Waals surface area contributed by atoms with E-state index in [1.807, 2.05) is 0 Å². The molecule has 0 aromatic carbocycles. The summed E-state index contributed by atoms with van der Waals surface area (Å²) in [5.41, 5.74) is 0. The number of hydrogen-bond donors (Lipinski definition) is 0. The molecule has 0 spiro atoms. The molecule has 2 fully saturated rings.